The molecule has 29 heavy (non-hydrogen) atoms. The fourth-order valence-corrected chi connectivity index (χ4v) is 2.99. The van der Waals surface area contributed by atoms with Gasteiger partial charge in [0.15, 0.2) is 0 Å². The average molecular weight is 415 g/mol. The first-order chi connectivity index (χ1) is 13.8. The molecule has 0 bridgehead atoms. The minimum Gasteiger partial charge on any atom is -0.336 e. The van der Waals surface area contributed by atoms with Crippen LogP contribution in [0.3, 0.4) is 0 Å². The van der Waals surface area contributed by atoms with Gasteiger partial charge in [0.25, 0.3) is 5.91 Å². The minimum atomic E-state index is -0.407. The summed E-state index contributed by atoms with van der Waals surface area (Å²) in [4.78, 5) is 36.6. The molecule has 0 heterocycles. The Bertz CT molecular complexity index is 836. The maximum atomic E-state index is 12.1. The van der Waals surface area contributed by atoms with Crippen molar-refractivity contribution in [3.8, 4) is 0 Å². The summed E-state index contributed by atoms with van der Waals surface area (Å²) >= 11 is 1.39. The zero-order chi connectivity index (χ0) is 21.2. The quantitative estimate of drug-likeness (QED) is 0.414. The van der Waals surface area contributed by atoms with Gasteiger partial charge < -0.3 is 10.6 Å². The molecular formula is C21H26N4O3S. The lowest BCUT2D eigenvalue weighted by Crippen LogP contribution is -2.42. The van der Waals surface area contributed by atoms with E-state index < -0.39 is 5.91 Å². The molecule has 154 valence electrons. The lowest BCUT2D eigenvalue weighted by atomic mass is 10.1. The predicted molar refractivity (Wildman–Crippen MR) is 114 cm³/mol. The number of benzene rings is 2. The third-order valence-corrected chi connectivity index (χ3v) is 4.81. The smallest absolute Gasteiger partial charge is 0.315 e. The van der Waals surface area contributed by atoms with Crippen LogP contribution in [0.2, 0.25) is 0 Å². The molecule has 8 heteroatoms. The van der Waals surface area contributed by atoms with Crippen molar-refractivity contribution in [1.29, 1.82) is 0 Å². The third kappa shape index (κ3) is 8.27. The molecule has 0 aliphatic carbocycles. The molecule has 7 nitrogen and oxygen atoms in total. The predicted octanol–water partition coefficient (Wildman–Crippen LogP) is 2.76. The zero-order valence-electron chi connectivity index (χ0n) is 16.7. The van der Waals surface area contributed by atoms with Gasteiger partial charge in [-0.3, -0.25) is 20.4 Å². The molecule has 2 rings (SSSR count). The van der Waals surface area contributed by atoms with E-state index in [0.29, 0.717) is 12.1 Å². The number of hydrogen-bond acceptors (Lipinski definition) is 4. The van der Waals surface area contributed by atoms with Crippen LogP contribution in [0, 0.1) is 6.92 Å². The van der Waals surface area contributed by atoms with Gasteiger partial charge in [-0.2, -0.15) is 0 Å². The molecule has 0 aromatic heterocycles. The summed E-state index contributed by atoms with van der Waals surface area (Å²) in [5.74, 6) is -0.497. The number of thioether (sulfide) groups is 1. The van der Waals surface area contributed by atoms with Crippen LogP contribution in [0.1, 0.15) is 35.3 Å². The highest BCUT2D eigenvalue weighted by Crippen LogP contribution is 2.17. The Balaban J connectivity index is 1.73. The highest BCUT2D eigenvalue weighted by atomic mass is 32.2. The third-order valence-electron chi connectivity index (χ3n) is 3.80. The van der Waals surface area contributed by atoms with Gasteiger partial charge in [0.1, 0.15) is 0 Å². The van der Waals surface area contributed by atoms with Crippen molar-refractivity contribution in [1.82, 2.24) is 21.5 Å². The van der Waals surface area contributed by atoms with E-state index in [-0.39, 0.29) is 23.7 Å². The first kappa shape index (κ1) is 22.3. The molecule has 0 saturated heterocycles. The Morgan fingerprint density at radius 3 is 2.21 bits per heavy atom. The SMILES string of the molecule is Cc1ccc(SCC(=O)NNC(=O)c2ccc(CNC(=O)NC(C)C)cc2)cc1. The average Bonchev–Trinajstić information content (AvgIpc) is 2.70. The number of rotatable bonds is 7. The second-order valence-corrected chi connectivity index (χ2v) is 7.83. The van der Waals surface area contributed by atoms with E-state index in [4.69, 9.17) is 0 Å². The van der Waals surface area contributed by atoms with Gasteiger partial charge in [-0.1, -0.05) is 29.8 Å². The molecule has 0 unspecified atom stereocenters. The molecule has 2 aromatic carbocycles. The number of hydrogen-bond donors (Lipinski definition) is 4. The summed E-state index contributed by atoms with van der Waals surface area (Å²) in [5, 5.41) is 5.48. The number of nitrogens with one attached hydrogen (secondary N) is 4. The van der Waals surface area contributed by atoms with E-state index in [1.165, 1.54) is 11.8 Å². The van der Waals surface area contributed by atoms with Gasteiger partial charge in [0.05, 0.1) is 5.75 Å². The Hall–Kier alpha value is -3.00. The topological polar surface area (TPSA) is 99.3 Å². The lowest BCUT2D eigenvalue weighted by molar-refractivity contribution is -0.119. The lowest BCUT2D eigenvalue weighted by Gasteiger charge is -2.11. The van der Waals surface area contributed by atoms with Crippen molar-refractivity contribution < 1.29 is 14.4 Å². The highest BCUT2D eigenvalue weighted by molar-refractivity contribution is 8.00. The molecule has 0 aliphatic heterocycles. The number of carbonyl (C=O) groups is 3. The van der Waals surface area contributed by atoms with E-state index in [0.717, 1.165) is 16.0 Å². The fraction of sp³-hybridized carbons (Fsp3) is 0.286. The fourth-order valence-electron chi connectivity index (χ4n) is 2.29. The van der Waals surface area contributed by atoms with E-state index >= 15 is 0 Å². The van der Waals surface area contributed by atoms with Crippen LogP contribution in [0.15, 0.2) is 53.4 Å². The second kappa shape index (κ2) is 11.1. The minimum absolute atomic E-state index is 0.0616. The van der Waals surface area contributed by atoms with E-state index in [9.17, 15) is 14.4 Å². The molecule has 0 atom stereocenters. The van der Waals surface area contributed by atoms with Crippen molar-refractivity contribution in [3.63, 3.8) is 0 Å². The van der Waals surface area contributed by atoms with Crippen LogP contribution in [0.25, 0.3) is 0 Å². The van der Waals surface area contributed by atoms with Crippen LogP contribution < -0.4 is 21.5 Å². The van der Waals surface area contributed by atoms with Crippen molar-refractivity contribution in [2.45, 2.75) is 38.3 Å². The van der Waals surface area contributed by atoms with Gasteiger partial charge in [-0.05, 0) is 50.6 Å². The first-order valence-electron chi connectivity index (χ1n) is 9.25. The summed E-state index contributed by atoms with van der Waals surface area (Å²) < 4.78 is 0. The van der Waals surface area contributed by atoms with E-state index in [2.05, 4.69) is 21.5 Å². The summed E-state index contributed by atoms with van der Waals surface area (Å²) in [5.41, 5.74) is 7.24. The Kier molecular flexibility index (Phi) is 8.54. The van der Waals surface area contributed by atoms with Crippen molar-refractivity contribution in [2.24, 2.45) is 0 Å². The van der Waals surface area contributed by atoms with Gasteiger partial charge in [0, 0.05) is 23.0 Å². The van der Waals surface area contributed by atoms with Crippen LogP contribution in [-0.4, -0.2) is 29.6 Å². The Morgan fingerprint density at radius 1 is 0.931 bits per heavy atom. The second-order valence-electron chi connectivity index (χ2n) is 6.78. The Morgan fingerprint density at radius 2 is 1.59 bits per heavy atom. The molecule has 4 N–H and O–H groups in total. The van der Waals surface area contributed by atoms with Gasteiger partial charge in [0.2, 0.25) is 5.91 Å². The van der Waals surface area contributed by atoms with E-state index in [1.807, 2.05) is 45.0 Å². The summed E-state index contributed by atoms with van der Waals surface area (Å²) in [7, 11) is 0. The van der Waals surface area contributed by atoms with Crippen LogP contribution >= 0.6 is 11.8 Å². The summed E-state index contributed by atoms with van der Waals surface area (Å²) in [6.45, 7) is 6.12. The molecule has 4 amide bonds. The molecule has 0 aliphatic rings. The van der Waals surface area contributed by atoms with Crippen molar-refractivity contribution in [3.05, 3.63) is 65.2 Å². The number of urea groups is 1. The molecule has 0 fully saturated rings. The van der Waals surface area contributed by atoms with Crippen LogP contribution in [0.4, 0.5) is 4.79 Å². The molecule has 0 spiro atoms. The first-order valence-corrected chi connectivity index (χ1v) is 10.2. The van der Waals surface area contributed by atoms with E-state index in [1.54, 1.807) is 24.3 Å². The molecular weight excluding hydrogens is 388 g/mol. The Labute approximate surface area is 175 Å². The highest BCUT2D eigenvalue weighted by Gasteiger charge is 2.08. The maximum absolute atomic E-state index is 12.1. The van der Waals surface area contributed by atoms with Crippen molar-refractivity contribution in [2.75, 3.05) is 5.75 Å². The number of amides is 4. The monoisotopic (exact) mass is 414 g/mol. The maximum Gasteiger partial charge on any atom is 0.315 e. The zero-order valence-corrected chi connectivity index (χ0v) is 17.6. The summed E-state index contributed by atoms with van der Waals surface area (Å²) in [6, 6.07) is 14.5. The van der Waals surface area contributed by atoms with Crippen LogP contribution in [-0.2, 0) is 11.3 Å². The molecule has 2 aromatic rings. The van der Waals surface area contributed by atoms with Crippen LogP contribution in [0.5, 0.6) is 0 Å². The normalized spacial score (nSPS) is 10.3. The summed E-state index contributed by atoms with van der Waals surface area (Å²) in [6.07, 6.45) is 0. The largest absolute Gasteiger partial charge is 0.336 e. The molecule has 0 radical (unpaired) electrons. The standard InChI is InChI=1S/C21H26N4O3S/c1-14(2)23-21(28)22-12-16-6-8-17(9-7-16)20(27)25-24-19(26)13-29-18-10-4-15(3)5-11-18/h4-11,14H,12-13H2,1-3H3,(H,24,26)(H,25,27)(H2,22,23,28). The number of hydrazine groups is 1. The van der Waals surface area contributed by atoms with Crippen molar-refractivity contribution >= 4 is 29.6 Å². The van der Waals surface area contributed by atoms with Gasteiger partial charge in [-0.25, -0.2) is 4.79 Å². The molecule has 0 saturated carbocycles. The van der Waals surface area contributed by atoms with Gasteiger partial charge >= 0.3 is 6.03 Å². The number of carbonyl (C=O) groups excluding carboxylic acids is 3. The number of aryl methyl sites for hydroxylation is 1. The van der Waals surface area contributed by atoms with Gasteiger partial charge in [-0.15, -0.1) is 11.8 Å².